The van der Waals surface area contributed by atoms with Crippen LogP contribution in [0, 0.1) is 5.92 Å². The van der Waals surface area contributed by atoms with E-state index in [2.05, 4.69) is 20.3 Å². The Morgan fingerprint density at radius 3 is 2.92 bits per heavy atom. The minimum Gasteiger partial charge on any atom is -0.394 e. The van der Waals surface area contributed by atoms with Crippen molar-refractivity contribution in [1.29, 1.82) is 0 Å². The van der Waals surface area contributed by atoms with E-state index in [1.807, 2.05) is 13.8 Å². The summed E-state index contributed by atoms with van der Waals surface area (Å²) in [7, 11) is 1.44. The molecule has 1 aliphatic heterocycles. The Kier molecular flexibility index (Phi) is 5.04. The van der Waals surface area contributed by atoms with E-state index < -0.39 is 24.5 Å². The molecule has 1 aliphatic rings. The third-order valence-corrected chi connectivity index (χ3v) is 4.15. The van der Waals surface area contributed by atoms with Gasteiger partial charge in [-0.25, -0.2) is 4.98 Å². The van der Waals surface area contributed by atoms with E-state index in [4.69, 9.17) is 9.47 Å². The zero-order valence-corrected chi connectivity index (χ0v) is 14.3. The molecule has 3 rings (SSSR count). The number of rotatable bonds is 6. The molecule has 1 unspecified atom stereocenters. The molecule has 2 aromatic rings. The maximum atomic E-state index is 12.2. The lowest BCUT2D eigenvalue weighted by Crippen LogP contribution is -2.34. The number of hydrogen-bond acceptors (Lipinski definition) is 8. The van der Waals surface area contributed by atoms with Crippen molar-refractivity contribution in [3.63, 3.8) is 0 Å². The summed E-state index contributed by atoms with van der Waals surface area (Å²) in [6.07, 6.45) is -1.84. The van der Waals surface area contributed by atoms with Crippen LogP contribution in [0.1, 0.15) is 20.1 Å². The second-order valence-corrected chi connectivity index (χ2v) is 6.45. The number of ether oxygens (including phenoxy) is 2. The number of aliphatic hydroxyl groups is 2. The molecule has 3 heterocycles. The molecule has 0 aliphatic carbocycles. The van der Waals surface area contributed by atoms with Crippen LogP contribution in [0.15, 0.2) is 11.1 Å². The molecule has 0 radical (unpaired) electrons. The van der Waals surface area contributed by atoms with Gasteiger partial charge in [-0.15, -0.1) is 0 Å². The van der Waals surface area contributed by atoms with Crippen LogP contribution in [-0.2, 0) is 9.47 Å². The first-order valence-electron chi connectivity index (χ1n) is 8.14. The Morgan fingerprint density at radius 2 is 2.28 bits per heavy atom. The zero-order chi connectivity index (χ0) is 18.1. The van der Waals surface area contributed by atoms with E-state index in [0.717, 1.165) is 0 Å². The Balaban J connectivity index is 2.00. The number of imidazole rings is 1. The molecule has 1 saturated heterocycles. The van der Waals surface area contributed by atoms with E-state index in [1.165, 1.54) is 18.0 Å². The lowest BCUT2D eigenvalue weighted by Gasteiger charge is -2.20. The minimum absolute atomic E-state index is 0.162. The number of anilines is 1. The average molecular weight is 353 g/mol. The molecule has 2 aromatic heterocycles. The molecular formula is C15H23N5O5. The molecule has 0 bridgehead atoms. The van der Waals surface area contributed by atoms with E-state index in [9.17, 15) is 15.0 Å². The van der Waals surface area contributed by atoms with Gasteiger partial charge >= 0.3 is 0 Å². The lowest BCUT2D eigenvalue weighted by molar-refractivity contribution is -0.0583. The summed E-state index contributed by atoms with van der Waals surface area (Å²) in [6, 6.07) is 0. The summed E-state index contributed by atoms with van der Waals surface area (Å²) < 4.78 is 12.5. The number of hydrogen-bond donors (Lipinski definition) is 4. The summed E-state index contributed by atoms with van der Waals surface area (Å²) in [5.41, 5.74) is 0.101. The average Bonchev–Trinajstić information content (AvgIpc) is 3.13. The Hall–Kier alpha value is -2.01. The van der Waals surface area contributed by atoms with E-state index >= 15 is 0 Å². The number of H-pyrrole nitrogens is 1. The fourth-order valence-corrected chi connectivity index (χ4v) is 2.84. The van der Waals surface area contributed by atoms with Crippen molar-refractivity contribution in [3.8, 4) is 0 Å². The maximum absolute atomic E-state index is 12.2. The third-order valence-electron chi connectivity index (χ3n) is 4.15. The molecule has 10 nitrogen and oxygen atoms in total. The van der Waals surface area contributed by atoms with Crippen molar-refractivity contribution >= 4 is 17.1 Å². The molecule has 0 spiro atoms. The smallest absolute Gasteiger partial charge is 0.280 e. The summed E-state index contributed by atoms with van der Waals surface area (Å²) in [5, 5.41) is 22.6. The first-order chi connectivity index (χ1) is 12.0. The van der Waals surface area contributed by atoms with Crippen LogP contribution in [0.5, 0.6) is 0 Å². The molecule has 1 fully saturated rings. The lowest BCUT2D eigenvalue weighted by atomic mass is 10.1. The Morgan fingerprint density at radius 1 is 1.52 bits per heavy atom. The van der Waals surface area contributed by atoms with Crippen LogP contribution in [0.4, 0.5) is 5.95 Å². The molecule has 138 valence electrons. The fraction of sp³-hybridized carbons (Fsp3) is 0.667. The second-order valence-electron chi connectivity index (χ2n) is 6.45. The highest BCUT2D eigenvalue weighted by molar-refractivity contribution is 5.71. The second kappa shape index (κ2) is 7.08. The normalized spacial score (nSPS) is 26.6. The van der Waals surface area contributed by atoms with Crippen LogP contribution in [0.3, 0.4) is 0 Å². The third kappa shape index (κ3) is 3.25. The number of aromatic nitrogens is 4. The van der Waals surface area contributed by atoms with Gasteiger partial charge in [-0.05, 0) is 5.92 Å². The molecule has 4 N–H and O–H groups in total. The van der Waals surface area contributed by atoms with Crippen molar-refractivity contribution in [2.45, 2.75) is 38.4 Å². The number of aromatic amines is 1. The molecule has 10 heteroatoms. The molecular weight excluding hydrogens is 330 g/mol. The molecule has 0 saturated carbocycles. The van der Waals surface area contributed by atoms with Crippen LogP contribution < -0.4 is 10.9 Å². The Labute approximate surface area is 143 Å². The van der Waals surface area contributed by atoms with Crippen LogP contribution >= 0.6 is 0 Å². The van der Waals surface area contributed by atoms with Crippen molar-refractivity contribution in [2.75, 3.05) is 25.6 Å². The van der Waals surface area contributed by atoms with Crippen molar-refractivity contribution < 1.29 is 19.7 Å². The summed E-state index contributed by atoms with van der Waals surface area (Å²) >= 11 is 0. The maximum Gasteiger partial charge on any atom is 0.280 e. The van der Waals surface area contributed by atoms with E-state index in [-0.39, 0.29) is 17.7 Å². The van der Waals surface area contributed by atoms with Crippen molar-refractivity contribution in [1.82, 2.24) is 19.5 Å². The van der Waals surface area contributed by atoms with Crippen LogP contribution in [0.25, 0.3) is 11.2 Å². The van der Waals surface area contributed by atoms with Crippen molar-refractivity contribution in [3.05, 3.63) is 16.7 Å². The molecule has 4 atom stereocenters. The fourth-order valence-electron chi connectivity index (χ4n) is 2.84. The molecule has 0 aromatic carbocycles. The predicted octanol–water partition coefficient (Wildman–Crippen LogP) is -0.547. The van der Waals surface area contributed by atoms with Gasteiger partial charge in [0.05, 0.1) is 12.9 Å². The Bertz CT molecular complexity index is 788. The molecule has 0 amide bonds. The first kappa shape index (κ1) is 17.8. The van der Waals surface area contributed by atoms with Gasteiger partial charge < -0.3 is 25.0 Å². The highest BCUT2D eigenvalue weighted by Gasteiger charge is 2.45. The number of nitrogens with zero attached hydrogens (tertiary/aromatic N) is 3. The zero-order valence-electron chi connectivity index (χ0n) is 14.3. The SMILES string of the molecule is CO[C@H]1C(n2cnc3c(=O)[nH]c(NCC(C)C)nc32)O[C@H](CO)[C@H]1O. The van der Waals surface area contributed by atoms with Gasteiger partial charge in [-0.2, -0.15) is 4.98 Å². The van der Waals surface area contributed by atoms with E-state index in [1.54, 1.807) is 0 Å². The topological polar surface area (TPSA) is 135 Å². The minimum atomic E-state index is -1.00. The highest BCUT2D eigenvalue weighted by atomic mass is 16.6. The monoisotopic (exact) mass is 353 g/mol. The predicted molar refractivity (Wildman–Crippen MR) is 89.3 cm³/mol. The molecule has 25 heavy (non-hydrogen) atoms. The first-order valence-corrected chi connectivity index (χ1v) is 8.14. The van der Waals surface area contributed by atoms with Gasteiger partial charge in [-0.1, -0.05) is 13.8 Å². The summed E-state index contributed by atoms with van der Waals surface area (Å²) in [5.74, 6) is 0.710. The van der Waals surface area contributed by atoms with Gasteiger partial charge in [0.2, 0.25) is 5.95 Å². The standard InChI is InChI=1S/C15H23N5O5/c1-7(2)4-16-15-18-12-9(13(23)19-15)17-6-20(12)14-11(24-3)10(22)8(5-21)25-14/h6-8,10-11,14,21-22H,4-5H2,1-3H3,(H2,16,18,19,23)/t8-,10-,11-,14?/m1/s1. The quantitative estimate of drug-likeness (QED) is 0.543. The number of aliphatic hydroxyl groups excluding tert-OH is 2. The number of methoxy groups -OCH3 is 1. The van der Waals surface area contributed by atoms with Gasteiger partial charge in [0.15, 0.2) is 17.4 Å². The highest BCUT2D eigenvalue weighted by Crippen LogP contribution is 2.32. The largest absolute Gasteiger partial charge is 0.394 e. The van der Waals surface area contributed by atoms with Gasteiger partial charge in [0.1, 0.15) is 18.3 Å². The van der Waals surface area contributed by atoms with E-state index in [0.29, 0.717) is 24.1 Å². The summed E-state index contributed by atoms with van der Waals surface area (Å²) in [4.78, 5) is 23.4. The van der Waals surface area contributed by atoms with Gasteiger partial charge in [0, 0.05) is 13.7 Å². The van der Waals surface area contributed by atoms with Crippen molar-refractivity contribution in [2.24, 2.45) is 5.92 Å². The van der Waals surface area contributed by atoms with Crippen LogP contribution in [0.2, 0.25) is 0 Å². The van der Waals surface area contributed by atoms with Crippen LogP contribution in [-0.4, -0.2) is 68.3 Å². The number of nitrogens with one attached hydrogen (secondary N) is 2. The van der Waals surface area contributed by atoms with Gasteiger partial charge in [0.25, 0.3) is 5.56 Å². The summed E-state index contributed by atoms with van der Waals surface area (Å²) in [6.45, 7) is 4.38. The van der Waals surface area contributed by atoms with Gasteiger partial charge in [-0.3, -0.25) is 14.3 Å². The number of fused-ring (bicyclic) bond motifs is 1.